The molecule has 1 amide bonds. The molecule has 2 heterocycles. The summed E-state index contributed by atoms with van der Waals surface area (Å²) in [6.07, 6.45) is 4.14. The Kier molecular flexibility index (Phi) is 7.27. The van der Waals surface area contributed by atoms with Crippen molar-refractivity contribution in [2.24, 2.45) is 0 Å². The molecule has 7 heteroatoms. The number of amides is 1. The predicted molar refractivity (Wildman–Crippen MR) is 125 cm³/mol. The SMILES string of the molecule is C[C@H](Sc1ncc(-c2ccccc2)n1C[C@@H]1CCCO1)C(=O)N[C@@H](C)c1ccc(F)cc1. The van der Waals surface area contributed by atoms with Crippen LogP contribution in [-0.4, -0.2) is 33.4 Å². The molecule has 0 spiro atoms. The summed E-state index contributed by atoms with van der Waals surface area (Å²) in [5, 5.41) is 3.48. The highest BCUT2D eigenvalue weighted by atomic mass is 32.2. The number of halogens is 1. The van der Waals surface area contributed by atoms with Crippen molar-refractivity contribution in [3.05, 3.63) is 72.2 Å². The van der Waals surface area contributed by atoms with Crippen molar-refractivity contribution in [3.63, 3.8) is 0 Å². The molecule has 3 aromatic rings. The Hall–Kier alpha value is -2.64. The summed E-state index contributed by atoms with van der Waals surface area (Å²) in [4.78, 5) is 17.5. The second-order valence-electron chi connectivity index (χ2n) is 8.08. The Morgan fingerprint density at radius 1 is 1.22 bits per heavy atom. The van der Waals surface area contributed by atoms with Gasteiger partial charge >= 0.3 is 0 Å². The van der Waals surface area contributed by atoms with Gasteiger partial charge in [0.1, 0.15) is 5.82 Å². The van der Waals surface area contributed by atoms with E-state index in [1.54, 1.807) is 12.1 Å². The van der Waals surface area contributed by atoms with E-state index in [2.05, 4.69) is 27.0 Å². The van der Waals surface area contributed by atoms with Crippen LogP contribution in [0.2, 0.25) is 0 Å². The van der Waals surface area contributed by atoms with E-state index in [1.807, 2.05) is 38.2 Å². The third kappa shape index (κ3) is 5.40. The van der Waals surface area contributed by atoms with Crippen LogP contribution < -0.4 is 5.32 Å². The summed E-state index contributed by atoms with van der Waals surface area (Å²) in [6, 6.07) is 16.1. The van der Waals surface area contributed by atoms with E-state index in [1.165, 1.54) is 23.9 Å². The van der Waals surface area contributed by atoms with Gasteiger partial charge in [-0.1, -0.05) is 54.2 Å². The highest BCUT2D eigenvalue weighted by Crippen LogP contribution is 2.30. The van der Waals surface area contributed by atoms with Crippen molar-refractivity contribution in [1.82, 2.24) is 14.9 Å². The summed E-state index contributed by atoms with van der Waals surface area (Å²) < 4.78 is 21.2. The number of rotatable bonds is 8. The minimum Gasteiger partial charge on any atom is -0.376 e. The second kappa shape index (κ2) is 10.3. The number of nitrogens with zero attached hydrogens (tertiary/aromatic N) is 2. The zero-order valence-electron chi connectivity index (χ0n) is 18.3. The molecule has 0 radical (unpaired) electrons. The molecular weight excluding hydrogens is 425 g/mol. The van der Waals surface area contributed by atoms with E-state index in [9.17, 15) is 9.18 Å². The van der Waals surface area contributed by atoms with Gasteiger partial charge in [-0.15, -0.1) is 0 Å². The molecule has 4 rings (SSSR count). The van der Waals surface area contributed by atoms with E-state index in [4.69, 9.17) is 4.74 Å². The van der Waals surface area contributed by atoms with Crippen LogP contribution >= 0.6 is 11.8 Å². The number of thioether (sulfide) groups is 1. The van der Waals surface area contributed by atoms with Gasteiger partial charge in [-0.05, 0) is 49.9 Å². The number of benzene rings is 2. The molecule has 0 aliphatic carbocycles. The van der Waals surface area contributed by atoms with Gasteiger partial charge in [0.2, 0.25) is 5.91 Å². The fourth-order valence-electron chi connectivity index (χ4n) is 3.84. The lowest BCUT2D eigenvalue weighted by Crippen LogP contribution is -2.33. The number of imidazole rings is 1. The number of ether oxygens (including phenoxy) is 1. The lowest BCUT2D eigenvalue weighted by Gasteiger charge is -2.19. The fourth-order valence-corrected chi connectivity index (χ4v) is 4.74. The smallest absolute Gasteiger partial charge is 0.233 e. The first-order valence-electron chi connectivity index (χ1n) is 11.0. The number of carbonyl (C=O) groups is 1. The van der Waals surface area contributed by atoms with Crippen LogP contribution in [0.4, 0.5) is 4.39 Å². The van der Waals surface area contributed by atoms with Crippen LogP contribution in [0, 0.1) is 5.82 Å². The largest absolute Gasteiger partial charge is 0.376 e. The zero-order valence-corrected chi connectivity index (χ0v) is 19.1. The Bertz CT molecular complexity index is 1030. The molecule has 1 aliphatic rings. The topological polar surface area (TPSA) is 56.2 Å². The minimum absolute atomic E-state index is 0.0836. The van der Waals surface area contributed by atoms with Gasteiger partial charge in [-0.3, -0.25) is 4.79 Å². The van der Waals surface area contributed by atoms with Crippen LogP contribution in [0.3, 0.4) is 0 Å². The summed E-state index contributed by atoms with van der Waals surface area (Å²) in [5.74, 6) is -0.372. The molecule has 2 aromatic carbocycles. The normalized spacial score (nSPS) is 17.8. The maximum atomic E-state index is 13.2. The van der Waals surface area contributed by atoms with Crippen LogP contribution in [-0.2, 0) is 16.1 Å². The van der Waals surface area contributed by atoms with Gasteiger partial charge in [-0.25, -0.2) is 9.37 Å². The van der Waals surface area contributed by atoms with Crippen LogP contribution in [0.5, 0.6) is 0 Å². The maximum Gasteiger partial charge on any atom is 0.233 e. The molecule has 1 N–H and O–H groups in total. The van der Waals surface area contributed by atoms with Gasteiger partial charge in [0.15, 0.2) is 5.16 Å². The number of carbonyl (C=O) groups excluding carboxylic acids is 1. The Morgan fingerprint density at radius 3 is 2.66 bits per heavy atom. The lowest BCUT2D eigenvalue weighted by atomic mass is 10.1. The van der Waals surface area contributed by atoms with Crippen molar-refractivity contribution >= 4 is 17.7 Å². The lowest BCUT2D eigenvalue weighted by molar-refractivity contribution is -0.120. The van der Waals surface area contributed by atoms with E-state index in [0.717, 1.165) is 41.4 Å². The maximum absolute atomic E-state index is 13.2. The molecule has 5 nitrogen and oxygen atoms in total. The predicted octanol–water partition coefficient (Wildman–Crippen LogP) is 5.23. The van der Waals surface area contributed by atoms with Crippen molar-refractivity contribution in [2.45, 2.75) is 55.8 Å². The summed E-state index contributed by atoms with van der Waals surface area (Å²) in [6.45, 7) is 5.29. The van der Waals surface area contributed by atoms with Crippen molar-refractivity contribution in [3.8, 4) is 11.3 Å². The molecule has 0 saturated carbocycles. The van der Waals surface area contributed by atoms with E-state index >= 15 is 0 Å². The van der Waals surface area contributed by atoms with Crippen molar-refractivity contribution in [2.75, 3.05) is 6.61 Å². The van der Waals surface area contributed by atoms with Gasteiger partial charge in [-0.2, -0.15) is 0 Å². The first kappa shape index (κ1) is 22.6. The highest BCUT2D eigenvalue weighted by Gasteiger charge is 2.24. The molecule has 0 bridgehead atoms. The quantitative estimate of drug-likeness (QED) is 0.475. The molecule has 1 aromatic heterocycles. The van der Waals surface area contributed by atoms with E-state index in [0.29, 0.717) is 6.54 Å². The number of hydrogen-bond donors (Lipinski definition) is 1. The second-order valence-corrected chi connectivity index (χ2v) is 9.39. The Morgan fingerprint density at radius 2 is 1.97 bits per heavy atom. The first-order chi connectivity index (χ1) is 15.5. The summed E-state index contributed by atoms with van der Waals surface area (Å²) >= 11 is 1.44. The molecule has 1 aliphatic heterocycles. The highest BCUT2D eigenvalue weighted by molar-refractivity contribution is 8.00. The average Bonchev–Trinajstić information content (AvgIpc) is 3.45. The van der Waals surface area contributed by atoms with Crippen molar-refractivity contribution in [1.29, 1.82) is 0 Å². The molecule has 1 fully saturated rings. The van der Waals surface area contributed by atoms with Gasteiger partial charge in [0.25, 0.3) is 0 Å². The number of nitrogens with one attached hydrogen (secondary N) is 1. The van der Waals surface area contributed by atoms with Gasteiger partial charge in [0, 0.05) is 6.61 Å². The number of hydrogen-bond acceptors (Lipinski definition) is 4. The fraction of sp³-hybridized carbons (Fsp3) is 0.360. The molecule has 3 atom stereocenters. The summed E-state index contributed by atoms with van der Waals surface area (Å²) in [7, 11) is 0. The van der Waals surface area contributed by atoms with Crippen LogP contribution in [0.1, 0.15) is 38.3 Å². The van der Waals surface area contributed by atoms with Crippen LogP contribution in [0.25, 0.3) is 11.3 Å². The third-order valence-electron chi connectivity index (χ3n) is 5.68. The van der Waals surface area contributed by atoms with Crippen LogP contribution in [0.15, 0.2) is 66.0 Å². The molecular formula is C25H28FN3O2S. The van der Waals surface area contributed by atoms with E-state index in [-0.39, 0.29) is 29.1 Å². The number of aromatic nitrogens is 2. The minimum atomic E-state index is -0.341. The monoisotopic (exact) mass is 453 g/mol. The third-order valence-corrected chi connectivity index (χ3v) is 6.78. The Labute approximate surface area is 192 Å². The molecule has 168 valence electrons. The molecule has 32 heavy (non-hydrogen) atoms. The van der Waals surface area contributed by atoms with Crippen molar-refractivity contribution < 1.29 is 13.9 Å². The van der Waals surface area contributed by atoms with E-state index < -0.39 is 0 Å². The van der Waals surface area contributed by atoms with Gasteiger partial charge < -0.3 is 14.6 Å². The Balaban J connectivity index is 1.49. The first-order valence-corrected chi connectivity index (χ1v) is 11.8. The summed E-state index contributed by atoms with van der Waals surface area (Å²) in [5.41, 5.74) is 2.98. The van der Waals surface area contributed by atoms with Gasteiger partial charge in [0.05, 0.1) is 35.8 Å². The zero-order chi connectivity index (χ0) is 22.5. The molecule has 1 saturated heterocycles. The molecule has 0 unspecified atom stereocenters. The average molecular weight is 454 g/mol. The standard InChI is InChI=1S/C25H28FN3O2S/c1-17(19-10-12-21(26)13-11-19)28-24(30)18(2)32-25-27-15-23(20-7-4-3-5-8-20)29(25)16-22-9-6-14-31-22/h3-5,7-8,10-13,15,17-18,22H,6,9,14,16H2,1-2H3,(H,28,30)/t17-,18-,22-/m0/s1.